The summed E-state index contributed by atoms with van der Waals surface area (Å²) in [7, 11) is -1.78. The minimum Gasteiger partial charge on any atom is -0.384 e. The number of nitrogens with zero attached hydrogens (tertiary/aromatic N) is 1. The molecule has 0 bridgehead atoms. The van der Waals surface area contributed by atoms with Crippen LogP contribution in [0.25, 0.3) is 0 Å². The normalized spacial score (nSPS) is 12.1. The lowest BCUT2D eigenvalue weighted by Gasteiger charge is -2.26. The van der Waals surface area contributed by atoms with Gasteiger partial charge in [-0.25, -0.2) is 8.42 Å². The first-order chi connectivity index (χ1) is 9.48. The van der Waals surface area contributed by atoms with Crippen LogP contribution in [-0.2, 0) is 10.0 Å². The lowest BCUT2D eigenvalue weighted by atomic mass is 10.2. The van der Waals surface area contributed by atoms with E-state index in [4.69, 9.17) is 0 Å². The van der Waals surface area contributed by atoms with Crippen LogP contribution in [0, 0.1) is 0 Å². The van der Waals surface area contributed by atoms with Gasteiger partial charge in [-0.1, -0.05) is 32.9 Å². The molecule has 1 N–H and O–H groups in total. The smallest absolute Gasteiger partial charge is 0.245 e. The maximum atomic E-state index is 12.8. The third-order valence-electron chi connectivity index (χ3n) is 3.57. The fourth-order valence-corrected chi connectivity index (χ4v) is 3.92. The van der Waals surface area contributed by atoms with Gasteiger partial charge >= 0.3 is 0 Å². The summed E-state index contributed by atoms with van der Waals surface area (Å²) in [4.78, 5) is 0.364. The molecule has 4 nitrogen and oxygen atoms in total. The number of nitrogens with one attached hydrogen (secondary N) is 1. The van der Waals surface area contributed by atoms with Crippen LogP contribution in [0.3, 0.4) is 0 Å². The predicted molar refractivity (Wildman–Crippen MR) is 84.5 cm³/mol. The first-order valence-corrected chi connectivity index (χ1v) is 8.73. The molecule has 0 fully saturated rings. The molecule has 0 saturated carbocycles. The standard InChI is InChI=1S/C15H26N2O2S/c1-5-12-16-14-10-8-9-11-15(14)20(18,19)17(4)13(6-2)7-3/h8-11,13,16H,5-7,12H2,1-4H3. The number of benzene rings is 1. The average molecular weight is 298 g/mol. The Hall–Kier alpha value is -1.07. The van der Waals surface area contributed by atoms with Crippen molar-refractivity contribution >= 4 is 15.7 Å². The predicted octanol–water partition coefficient (Wildman–Crippen LogP) is 3.32. The number of sulfonamides is 1. The number of hydrogen-bond acceptors (Lipinski definition) is 3. The van der Waals surface area contributed by atoms with Crippen molar-refractivity contribution in [2.75, 3.05) is 18.9 Å². The van der Waals surface area contributed by atoms with Gasteiger partial charge in [-0.3, -0.25) is 0 Å². The zero-order valence-corrected chi connectivity index (χ0v) is 13.7. The van der Waals surface area contributed by atoms with E-state index in [9.17, 15) is 8.42 Å². The van der Waals surface area contributed by atoms with Crippen LogP contribution in [0.2, 0.25) is 0 Å². The molecule has 5 heteroatoms. The van der Waals surface area contributed by atoms with Crippen molar-refractivity contribution < 1.29 is 8.42 Å². The van der Waals surface area contributed by atoms with Crippen molar-refractivity contribution in [2.45, 2.75) is 51.0 Å². The highest BCUT2D eigenvalue weighted by Crippen LogP contribution is 2.26. The van der Waals surface area contributed by atoms with E-state index in [1.165, 1.54) is 4.31 Å². The van der Waals surface area contributed by atoms with E-state index in [1.54, 1.807) is 19.2 Å². The molecule has 0 saturated heterocycles. The zero-order valence-electron chi connectivity index (χ0n) is 12.9. The highest BCUT2D eigenvalue weighted by molar-refractivity contribution is 7.89. The summed E-state index contributed by atoms with van der Waals surface area (Å²) >= 11 is 0. The monoisotopic (exact) mass is 298 g/mol. The summed E-state index contributed by atoms with van der Waals surface area (Å²) in [6.45, 7) is 6.85. The van der Waals surface area contributed by atoms with E-state index < -0.39 is 10.0 Å². The molecule has 0 aliphatic rings. The van der Waals surface area contributed by atoms with E-state index in [0.29, 0.717) is 10.6 Å². The van der Waals surface area contributed by atoms with Gasteiger partial charge in [0.25, 0.3) is 0 Å². The molecule has 1 aromatic rings. The van der Waals surface area contributed by atoms with Gasteiger partial charge in [0.05, 0.1) is 5.69 Å². The second-order valence-electron chi connectivity index (χ2n) is 4.91. The topological polar surface area (TPSA) is 49.4 Å². The summed E-state index contributed by atoms with van der Waals surface area (Å²) in [6, 6.07) is 7.16. The minimum absolute atomic E-state index is 0.0410. The summed E-state index contributed by atoms with van der Waals surface area (Å²) < 4.78 is 27.0. The molecule has 0 unspecified atom stereocenters. The Kier molecular flexibility index (Phi) is 6.49. The van der Waals surface area contributed by atoms with E-state index in [-0.39, 0.29) is 6.04 Å². The Morgan fingerprint density at radius 3 is 2.30 bits per heavy atom. The molecule has 0 amide bonds. The Bertz CT molecular complexity index is 510. The molecule has 1 rings (SSSR count). The van der Waals surface area contributed by atoms with Gasteiger partial charge in [0.1, 0.15) is 4.90 Å². The minimum atomic E-state index is -3.45. The van der Waals surface area contributed by atoms with Gasteiger partial charge in [0.2, 0.25) is 10.0 Å². The fraction of sp³-hybridized carbons (Fsp3) is 0.600. The molecule has 0 radical (unpaired) electrons. The number of para-hydroxylation sites is 1. The highest BCUT2D eigenvalue weighted by atomic mass is 32.2. The van der Waals surface area contributed by atoms with Gasteiger partial charge in [-0.2, -0.15) is 4.31 Å². The molecular formula is C15H26N2O2S. The van der Waals surface area contributed by atoms with Gasteiger partial charge in [0.15, 0.2) is 0 Å². The molecule has 1 aromatic carbocycles. The quantitative estimate of drug-likeness (QED) is 0.801. The molecular weight excluding hydrogens is 272 g/mol. The van der Waals surface area contributed by atoms with Gasteiger partial charge < -0.3 is 5.32 Å². The van der Waals surface area contributed by atoms with Crippen LogP contribution in [0.1, 0.15) is 40.0 Å². The molecule has 0 atom stereocenters. The van der Waals surface area contributed by atoms with Crippen molar-refractivity contribution in [1.29, 1.82) is 0 Å². The molecule has 0 spiro atoms. The molecule has 114 valence electrons. The summed E-state index contributed by atoms with van der Waals surface area (Å²) in [5.74, 6) is 0. The van der Waals surface area contributed by atoms with E-state index >= 15 is 0 Å². The van der Waals surface area contributed by atoms with Crippen LogP contribution in [0.5, 0.6) is 0 Å². The van der Waals surface area contributed by atoms with Crippen LogP contribution in [-0.4, -0.2) is 32.4 Å². The molecule has 0 aliphatic heterocycles. The molecule has 0 aliphatic carbocycles. The lowest BCUT2D eigenvalue weighted by Crippen LogP contribution is -2.36. The molecule has 0 aromatic heterocycles. The third-order valence-corrected chi connectivity index (χ3v) is 5.53. The summed E-state index contributed by atoms with van der Waals surface area (Å²) in [5, 5.41) is 3.19. The second kappa shape index (κ2) is 7.64. The van der Waals surface area contributed by atoms with E-state index in [0.717, 1.165) is 25.8 Å². The molecule has 20 heavy (non-hydrogen) atoms. The van der Waals surface area contributed by atoms with Crippen LogP contribution < -0.4 is 5.32 Å². The average Bonchev–Trinajstić information content (AvgIpc) is 2.46. The van der Waals surface area contributed by atoms with Crippen LogP contribution in [0.4, 0.5) is 5.69 Å². The van der Waals surface area contributed by atoms with Gasteiger partial charge in [-0.15, -0.1) is 0 Å². The fourth-order valence-electron chi connectivity index (χ4n) is 2.25. The maximum Gasteiger partial charge on any atom is 0.245 e. The first kappa shape index (κ1) is 17.0. The van der Waals surface area contributed by atoms with Crippen molar-refractivity contribution in [3.63, 3.8) is 0 Å². The Morgan fingerprint density at radius 1 is 1.15 bits per heavy atom. The number of rotatable bonds is 8. The van der Waals surface area contributed by atoms with Crippen LogP contribution >= 0.6 is 0 Å². The van der Waals surface area contributed by atoms with Crippen LogP contribution in [0.15, 0.2) is 29.2 Å². The van der Waals surface area contributed by atoms with Gasteiger partial charge in [0, 0.05) is 19.6 Å². The van der Waals surface area contributed by atoms with Crippen molar-refractivity contribution in [3.8, 4) is 0 Å². The van der Waals surface area contributed by atoms with E-state index in [1.807, 2.05) is 26.0 Å². The molecule has 0 heterocycles. The summed E-state index contributed by atoms with van der Waals surface area (Å²) in [6.07, 6.45) is 2.59. The van der Waals surface area contributed by atoms with Gasteiger partial charge in [-0.05, 0) is 31.4 Å². The highest BCUT2D eigenvalue weighted by Gasteiger charge is 2.27. The number of hydrogen-bond donors (Lipinski definition) is 1. The SMILES string of the molecule is CCCNc1ccccc1S(=O)(=O)N(C)C(CC)CC. The first-order valence-electron chi connectivity index (χ1n) is 7.29. The third kappa shape index (κ3) is 3.73. The maximum absolute atomic E-state index is 12.8. The Morgan fingerprint density at radius 2 is 1.75 bits per heavy atom. The largest absolute Gasteiger partial charge is 0.384 e. The Balaban J connectivity index is 3.14. The van der Waals surface area contributed by atoms with Crippen molar-refractivity contribution in [2.24, 2.45) is 0 Å². The summed E-state index contributed by atoms with van der Waals surface area (Å²) in [5.41, 5.74) is 0.687. The second-order valence-corrected chi connectivity index (χ2v) is 6.88. The van der Waals surface area contributed by atoms with Crippen molar-refractivity contribution in [1.82, 2.24) is 4.31 Å². The lowest BCUT2D eigenvalue weighted by molar-refractivity contribution is 0.350. The Labute approximate surface area is 123 Å². The number of anilines is 1. The van der Waals surface area contributed by atoms with E-state index in [2.05, 4.69) is 12.2 Å². The van der Waals surface area contributed by atoms with Crippen molar-refractivity contribution in [3.05, 3.63) is 24.3 Å². The zero-order chi connectivity index (χ0) is 15.2.